The van der Waals surface area contributed by atoms with Crippen LogP contribution in [0.3, 0.4) is 0 Å². The summed E-state index contributed by atoms with van der Waals surface area (Å²) >= 11 is 0. The van der Waals surface area contributed by atoms with E-state index in [1.165, 1.54) is 6.33 Å². The first kappa shape index (κ1) is 11.4. The van der Waals surface area contributed by atoms with Crippen LogP contribution in [0.5, 0.6) is 0 Å². The van der Waals surface area contributed by atoms with Gasteiger partial charge in [0.05, 0.1) is 5.69 Å². The van der Waals surface area contributed by atoms with Crippen LogP contribution in [0.1, 0.15) is 26.5 Å². The Labute approximate surface area is 99.0 Å². The van der Waals surface area contributed by atoms with Crippen molar-refractivity contribution in [2.75, 3.05) is 0 Å². The molecule has 0 radical (unpaired) electrons. The average molecular weight is 230 g/mol. The van der Waals surface area contributed by atoms with Crippen molar-refractivity contribution in [3.05, 3.63) is 41.0 Å². The number of nitrogens with zero attached hydrogens (tertiary/aromatic N) is 3. The Morgan fingerprint density at radius 3 is 2.41 bits per heavy atom. The summed E-state index contributed by atoms with van der Waals surface area (Å²) in [7, 11) is 0. The Kier molecular flexibility index (Phi) is 2.75. The third-order valence-electron chi connectivity index (χ3n) is 2.41. The SMILES string of the molecule is CC(C)(C)c1cc(-c2cncnc2)nc(=O)[nH]1. The molecule has 0 spiro atoms. The van der Waals surface area contributed by atoms with Gasteiger partial charge in [-0.3, -0.25) is 0 Å². The first-order valence-electron chi connectivity index (χ1n) is 5.34. The Bertz CT molecular complexity index is 569. The molecule has 0 saturated heterocycles. The van der Waals surface area contributed by atoms with E-state index in [9.17, 15) is 4.79 Å². The molecule has 88 valence electrons. The number of rotatable bonds is 1. The molecular formula is C12H14N4O. The molecule has 0 aromatic carbocycles. The third-order valence-corrected chi connectivity index (χ3v) is 2.41. The second-order valence-electron chi connectivity index (χ2n) is 4.86. The highest BCUT2D eigenvalue weighted by Crippen LogP contribution is 2.22. The van der Waals surface area contributed by atoms with Gasteiger partial charge in [0.2, 0.25) is 0 Å². The molecule has 0 bridgehead atoms. The van der Waals surface area contributed by atoms with Crippen molar-refractivity contribution in [3.8, 4) is 11.3 Å². The van der Waals surface area contributed by atoms with Crippen molar-refractivity contribution < 1.29 is 0 Å². The average Bonchev–Trinajstić information content (AvgIpc) is 2.28. The molecule has 0 amide bonds. The van der Waals surface area contributed by atoms with Crippen LogP contribution in [0.4, 0.5) is 0 Å². The van der Waals surface area contributed by atoms with Gasteiger partial charge in [0, 0.05) is 29.1 Å². The van der Waals surface area contributed by atoms with E-state index in [1.54, 1.807) is 12.4 Å². The van der Waals surface area contributed by atoms with Gasteiger partial charge in [-0.25, -0.2) is 14.8 Å². The third kappa shape index (κ3) is 2.55. The highest BCUT2D eigenvalue weighted by Gasteiger charge is 2.16. The van der Waals surface area contributed by atoms with Crippen LogP contribution in [0.15, 0.2) is 29.6 Å². The molecule has 0 saturated carbocycles. The van der Waals surface area contributed by atoms with Crippen LogP contribution >= 0.6 is 0 Å². The van der Waals surface area contributed by atoms with Gasteiger partial charge in [-0.05, 0) is 6.07 Å². The number of aromatic amines is 1. The van der Waals surface area contributed by atoms with Gasteiger partial charge in [-0.2, -0.15) is 4.98 Å². The molecule has 0 unspecified atom stereocenters. The van der Waals surface area contributed by atoms with Gasteiger partial charge in [0.25, 0.3) is 0 Å². The maximum Gasteiger partial charge on any atom is 0.345 e. The zero-order valence-corrected chi connectivity index (χ0v) is 10.1. The maximum atomic E-state index is 11.5. The zero-order valence-electron chi connectivity index (χ0n) is 10.1. The van der Waals surface area contributed by atoms with Gasteiger partial charge in [0.1, 0.15) is 6.33 Å². The number of nitrogens with one attached hydrogen (secondary N) is 1. The quantitative estimate of drug-likeness (QED) is 0.806. The molecule has 1 N–H and O–H groups in total. The lowest BCUT2D eigenvalue weighted by Crippen LogP contribution is -2.21. The molecule has 17 heavy (non-hydrogen) atoms. The first-order valence-corrected chi connectivity index (χ1v) is 5.34. The van der Waals surface area contributed by atoms with Gasteiger partial charge in [0.15, 0.2) is 0 Å². The number of aromatic nitrogens is 4. The standard InChI is InChI=1S/C12H14N4O/c1-12(2,3)10-4-9(15-11(17)16-10)8-5-13-7-14-6-8/h4-7H,1-3H3,(H,15,16,17). The van der Waals surface area contributed by atoms with E-state index in [1.807, 2.05) is 26.8 Å². The second kappa shape index (κ2) is 4.08. The fourth-order valence-electron chi connectivity index (χ4n) is 1.44. The fraction of sp³-hybridized carbons (Fsp3) is 0.333. The lowest BCUT2D eigenvalue weighted by molar-refractivity contribution is 0.564. The van der Waals surface area contributed by atoms with Crippen LogP contribution in [0.25, 0.3) is 11.3 Å². The van der Waals surface area contributed by atoms with Crippen molar-refractivity contribution in [3.63, 3.8) is 0 Å². The van der Waals surface area contributed by atoms with E-state index in [0.717, 1.165) is 11.3 Å². The van der Waals surface area contributed by atoms with Crippen molar-refractivity contribution in [2.24, 2.45) is 0 Å². The number of hydrogen-bond donors (Lipinski definition) is 1. The minimum absolute atomic E-state index is 0.132. The van der Waals surface area contributed by atoms with Crippen molar-refractivity contribution >= 4 is 0 Å². The van der Waals surface area contributed by atoms with Crippen molar-refractivity contribution in [2.45, 2.75) is 26.2 Å². The van der Waals surface area contributed by atoms with Crippen molar-refractivity contribution in [1.29, 1.82) is 0 Å². The zero-order chi connectivity index (χ0) is 12.5. The Balaban J connectivity index is 2.58. The van der Waals surface area contributed by atoms with Crippen LogP contribution in [0.2, 0.25) is 0 Å². The van der Waals surface area contributed by atoms with Crippen LogP contribution in [0, 0.1) is 0 Å². The van der Waals surface area contributed by atoms with Gasteiger partial charge < -0.3 is 4.98 Å². The molecule has 0 aliphatic carbocycles. The predicted octanol–water partition coefficient (Wildman–Crippen LogP) is 1.52. The van der Waals surface area contributed by atoms with E-state index >= 15 is 0 Å². The number of hydrogen-bond acceptors (Lipinski definition) is 4. The maximum absolute atomic E-state index is 11.5. The van der Waals surface area contributed by atoms with E-state index < -0.39 is 0 Å². The summed E-state index contributed by atoms with van der Waals surface area (Å²) in [6.45, 7) is 6.09. The van der Waals surface area contributed by atoms with Crippen LogP contribution in [-0.4, -0.2) is 19.9 Å². The minimum Gasteiger partial charge on any atom is -0.309 e. The van der Waals surface area contributed by atoms with E-state index in [0.29, 0.717) is 5.69 Å². The molecule has 0 fully saturated rings. The molecule has 2 aromatic heterocycles. The molecule has 2 aromatic rings. The van der Waals surface area contributed by atoms with Gasteiger partial charge in [-0.15, -0.1) is 0 Å². The first-order chi connectivity index (χ1) is 7.97. The minimum atomic E-state index is -0.351. The Morgan fingerprint density at radius 2 is 1.82 bits per heavy atom. The summed E-state index contributed by atoms with van der Waals surface area (Å²) in [5.74, 6) is 0. The molecule has 5 heteroatoms. The lowest BCUT2D eigenvalue weighted by Gasteiger charge is -2.18. The molecule has 5 nitrogen and oxygen atoms in total. The van der Waals surface area contributed by atoms with Crippen LogP contribution < -0.4 is 5.69 Å². The summed E-state index contributed by atoms with van der Waals surface area (Å²) < 4.78 is 0. The fourth-order valence-corrected chi connectivity index (χ4v) is 1.44. The Hall–Kier alpha value is -2.04. The topological polar surface area (TPSA) is 71.5 Å². The van der Waals surface area contributed by atoms with Gasteiger partial charge in [-0.1, -0.05) is 20.8 Å². The molecule has 0 aliphatic heterocycles. The summed E-state index contributed by atoms with van der Waals surface area (Å²) in [4.78, 5) is 26.0. The molecule has 2 rings (SSSR count). The predicted molar refractivity (Wildman–Crippen MR) is 64.6 cm³/mol. The molecule has 0 aliphatic rings. The summed E-state index contributed by atoms with van der Waals surface area (Å²) in [5.41, 5.74) is 1.70. The van der Waals surface area contributed by atoms with E-state index in [-0.39, 0.29) is 11.1 Å². The van der Waals surface area contributed by atoms with E-state index in [2.05, 4.69) is 19.9 Å². The van der Waals surface area contributed by atoms with Crippen molar-refractivity contribution in [1.82, 2.24) is 19.9 Å². The smallest absolute Gasteiger partial charge is 0.309 e. The van der Waals surface area contributed by atoms with E-state index in [4.69, 9.17) is 0 Å². The van der Waals surface area contributed by atoms with Gasteiger partial charge >= 0.3 is 5.69 Å². The molecule has 0 atom stereocenters. The van der Waals surface area contributed by atoms with Crippen LogP contribution in [-0.2, 0) is 5.41 Å². The summed E-state index contributed by atoms with van der Waals surface area (Å²) in [5, 5.41) is 0. The molecule has 2 heterocycles. The Morgan fingerprint density at radius 1 is 1.18 bits per heavy atom. The highest BCUT2D eigenvalue weighted by molar-refractivity contribution is 5.56. The number of H-pyrrole nitrogens is 1. The molecular weight excluding hydrogens is 216 g/mol. The summed E-state index contributed by atoms with van der Waals surface area (Å²) in [6.07, 6.45) is 4.73. The highest BCUT2D eigenvalue weighted by atomic mass is 16.1. The lowest BCUT2D eigenvalue weighted by atomic mass is 9.91. The second-order valence-corrected chi connectivity index (χ2v) is 4.86. The summed E-state index contributed by atoms with van der Waals surface area (Å²) in [6, 6.07) is 1.86. The normalized spacial score (nSPS) is 11.5. The monoisotopic (exact) mass is 230 g/mol. The largest absolute Gasteiger partial charge is 0.345 e.